The number of carbonyl (C=O) groups is 2. The molecule has 7 nitrogen and oxygen atoms in total. The molecule has 2 aliphatic rings. The maximum Gasteiger partial charge on any atom is 0.418 e. The summed E-state index contributed by atoms with van der Waals surface area (Å²) in [6.07, 6.45) is 0.544. The number of benzene rings is 2. The zero-order valence-corrected chi connectivity index (χ0v) is 23.6. The fourth-order valence-corrected chi connectivity index (χ4v) is 6.13. The zero-order chi connectivity index (χ0) is 28.6. The van der Waals surface area contributed by atoms with Crippen LogP contribution in [0.2, 0.25) is 5.02 Å². The first-order valence-electron chi connectivity index (χ1n) is 13.0. The highest BCUT2D eigenvalue weighted by molar-refractivity contribution is 9.10. The molecule has 212 valence electrons. The Morgan fingerprint density at radius 2 is 1.80 bits per heavy atom. The molecule has 3 N–H and O–H groups in total. The van der Waals surface area contributed by atoms with E-state index in [0.717, 1.165) is 18.9 Å². The molecular formula is C28H27BrClF3N4O3. The van der Waals surface area contributed by atoms with Gasteiger partial charge in [-0.3, -0.25) is 14.6 Å². The first kappa shape index (κ1) is 28.6. The fourth-order valence-electron chi connectivity index (χ4n) is 5.49. The number of fused-ring (bicyclic) bond motifs is 1. The van der Waals surface area contributed by atoms with E-state index in [2.05, 4.69) is 31.5 Å². The molecule has 1 saturated carbocycles. The van der Waals surface area contributed by atoms with Crippen molar-refractivity contribution in [1.82, 2.24) is 15.2 Å². The number of aliphatic hydroxyl groups is 1. The molecule has 1 aromatic heterocycles. The molecule has 0 radical (unpaired) electrons. The van der Waals surface area contributed by atoms with E-state index in [9.17, 15) is 27.9 Å². The van der Waals surface area contributed by atoms with Gasteiger partial charge in [-0.25, -0.2) is 0 Å². The Morgan fingerprint density at radius 3 is 2.50 bits per heavy atom. The van der Waals surface area contributed by atoms with Gasteiger partial charge in [0.2, 0.25) is 0 Å². The van der Waals surface area contributed by atoms with Crippen molar-refractivity contribution in [1.29, 1.82) is 0 Å². The molecule has 5 rings (SSSR count). The number of anilines is 1. The summed E-state index contributed by atoms with van der Waals surface area (Å²) >= 11 is 9.21. The van der Waals surface area contributed by atoms with Gasteiger partial charge in [0.25, 0.3) is 11.8 Å². The van der Waals surface area contributed by atoms with Crippen LogP contribution in [0.25, 0.3) is 10.8 Å². The molecule has 2 heterocycles. The minimum atomic E-state index is -4.74. The van der Waals surface area contributed by atoms with Gasteiger partial charge in [-0.1, -0.05) is 46.4 Å². The lowest BCUT2D eigenvalue weighted by Crippen LogP contribution is -2.49. The highest BCUT2D eigenvalue weighted by Crippen LogP contribution is 2.41. The van der Waals surface area contributed by atoms with Crippen molar-refractivity contribution in [3.63, 3.8) is 0 Å². The number of aromatic nitrogens is 1. The molecule has 0 unspecified atom stereocenters. The predicted octanol–water partition coefficient (Wildman–Crippen LogP) is 6.03. The van der Waals surface area contributed by atoms with Crippen molar-refractivity contribution < 1.29 is 27.9 Å². The molecular weight excluding hydrogens is 613 g/mol. The van der Waals surface area contributed by atoms with Crippen molar-refractivity contribution in [2.24, 2.45) is 0 Å². The molecule has 0 bridgehead atoms. The van der Waals surface area contributed by atoms with Crippen molar-refractivity contribution >= 4 is 55.8 Å². The Hall–Kier alpha value is -2.89. The van der Waals surface area contributed by atoms with Crippen LogP contribution in [0.5, 0.6) is 0 Å². The van der Waals surface area contributed by atoms with Gasteiger partial charge in [0.1, 0.15) is 0 Å². The molecule has 0 spiro atoms. The minimum absolute atomic E-state index is 0.0541. The Balaban J connectivity index is 1.46. The second-order valence-electron chi connectivity index (χ2n) is 10.2. The van der Waals surface area contributed by atoms with Crippen LogP contribution in [0.15, 0.2) is 47.2 Å². The molecule has 1 saturated heterocycles. The topological polar surface area (TPSA) is 94.6 Å². The van der Waals surface area contributed by atoms with Crippen LogP contribution in [0.3, 0.4) is 0 Å². The number of carbonyl (C=O) groups excluding carboxylic acids is 2. The number of nitrogens with one attached hydrogen (secondary N) is 2. The van der Waals surface area contributed by atoms with Crippen LogP contribution in [-0.2, 0) is 6.18 Å². The highest BCUT2D eigenvalue weighted by atomic mass is 79.9. The lowest BCUT2D eigenvalue weighted by molar-refractivity contribution is -0.137. The second kappa shape index (κ2) is 11.5. The summed E-state index contributed by atoms with van der Waals surface area (Å²) in [6, 6.07) is 6.37. The average Bonchev–Trinajstić information content (AvgIpc) is 3.35. The Bertz CT molecular complexity index is 1450. The maximum absolute atomic E-state index is 14.3. The van der Waals surface area contributed by atoms with E-state index < -0.39 is 41.7 Å². The highest BCUT2D eigenvalue weighted by Gasteiger charge is 2.39. The number of hydrogen-bond donors (Lipinski definition) is 3. The SMILES string of the molecule is O=C(N[C@H]1CCCC[C@H]1Nc1c(C(=O)N2CC[C@@H](O)C2)cc(Br)cc1C(F)(F)F)c1cncc2cc(Cl)ccc12. The van der Waals surface area contributed by atoms with E-state index in [1.54, 1.807) is 24.4 Å². The molecule has 2 aromatic carbocycles. The average molecular weight is 640 g/mol. The van der Waals surface area contributed by atoms with Crippen molar-refractivity contribution in [2.45, 2.75) is 56.5 Å². The predicted molar refractivity (Wildman–Crippen MR) is 150 cm³/mol. The number of pyridine rings is 1. The van der Waals surface area contributed by atoms with Gasteiger partial charge in [0.05, 0.1) is 28.5 Å². The zero-order valence-electron chi connectivity index (χ0n) is 21.3. The van der Waals surface area contributed by atoms with Gasteiger partial charge in [0.15, 0.2) is 0 Å². The summed E-state index contributed by atoms with van der Waals surface area (Å²) in [5.41, 5.74) is -1.10. The van der Waals surface area contributed by atoms with Crippen LogP contribution in [-0.4, -0.2) is 58.1 Å². The molecule has 2 fully saturated rings. The summed E-state index contributed by atoms with van der Waals surface area (Å²) in [6.45, 7) is 0.304. The fraction of sp³-hybridized carbons (Fsp3) is 0.393. The third-order valence-electron chi connectivity index (χ3n) is 7.47. The smallest absolute Gasteiger partial charge is 0.391 e. The largest absolute Gasteiger partial charge is 0.418 e. The molecule has 2 amide bonds. The van der Waals surface area contributed by atoms with Crippen LogP contribution in [0.1, 0.15) is 58.4 Å². The molecule has 1 aliphatic heterocycles. The van der Waals surface area contributed by atoms with Crippen LogP contribution in [0, 0.1) is 0 Å². The third kappa shape index (κ3) is 6.06. The van der Waals surface area contributed by atoms with Gasteiger partial charge in [-0.15, -0.1) is 0 Å². The monoisotopic (exact) mass is 638 g/mol. The van der Waals surface area contributed by atoms with Gasteiger partial charge < -0.3 is 20.6 Å². The first-order chi connectivity index (χ1) is 19.0. The number of rotatable bonds is 5. The quantitative estimate of drug-likeness (QED) is 0.317. The Morgan fingerprint density at radius 1 is 1.05 bits per heavy atom. The summed E-state index contributed by atoms with van der Waals surface area (Å²) in [5, 5.41) is 17.8. The van der Waals surface area contributed by atoms with E-state index in [1.165, 1.54) is 17.2 Å². The van der Waals surface area contributed by atoms with Crippen molar-refractivity contribution in [2.75, 3.05) is 18.4 Å². The number of amides is 2. The number of likely N-dealkylation sites (tertiary alicyclic amines) is 1. The molecule has 3 atom stereocenters. The van der Waals surface area contributed by atoms with E-state index in [-0.39, 0.29) is 28.8 Å². The van der Waals surface area contributed by atoms with Crippen molar-refractivity contribution in [3.05, 3.63) is 68.9 Å². The van der Waals surface area contributed by atoms with Crippen molar-refractivity contribution in [3.8, 4) is 0 Å². The van der Waals surface area contributed by atoms with Gasteiger partial charge in [-0.2, -0.15) is 13.2 Å². The summed E-state index contributed by atoms with van der Waals surface area (Å²) in [7, 11) is 0. The summed E-state index contributed by atoms with van der Waals surface area (Å²) in [4.78, 5) is 32.3. The lowest BCUT2D eigenvalue weighted by atomic mass is 9.89. The van der Waals surface area contributed by atoms with Gasteiger partial charge in [-0.05, 0) is 48.9 Å². The standard InChI is InChI=1S/C28H27BrClF3N4O3/c29-16-10-20(27(40)37-8-7-18(38)14-37)25(22(11-16)28(31,32)33)35-23-3-1-2-4-24(23)36-26(39)21-13-34-12-15-9-17(30)5-6-19(15)21/h5-6,9-13,18,23-24,35,38H,1-4,7-8,14H2,(H,36,39)/t18-,23-,24+/m1/s1. The van der Waals surface area contributed by atoms with E-state index in [4.69, 9.17) is 11.6 Å². The number of halogens is 5. The van der Waals surface area contributed by atoms with Gasteiger partial charge in [0, 0.05) is 52.4 Å². The number of β-amino-alcohol motifs (C(OH)–C–C–N with tert-alkyl or cyclic N) is 1. The van der Waals surface area contributed by atoms with E-state index >= 15 is 0 Å². The number of aliphatic hydroxyl groups excluding tert-OH is 1. The molecule has 3 aromatic rings. The van der Waals surface area contributed by atoms with E-state index in [0.29, 0.717) is 40.6 Å². The summed E-state index contributed by atoms with van der Waals surface area (Å²) in [5.74, 6) is -0.990. The lowest BCUT2D eigenvalue weighted by Gasteiger charge is -2.35. The number of nitrogens with zero attached hydrogens (tertiary/aromatic N) is 2. The van der Waals surface area contributed by atoms with E-state index in [1.807, 2.05) is 0 Å². The molecule has 12 heteroatoms. The molecule has 40 heavy (non-hydrogen) atoms. The molecule has 1 aliphatic carbocycles. The first-order valence-corrected chi connectivity index (χ1v) is 14.2. The minimum Gasteiger partial charge on any atom is -0.391 e. The normalized spacial score (nSPS) is 21.4. The number of hydrogen-bond acceptors (Lipinski definition) is 5. The van der Waals surface area contributed by atoms with Gasteiger partial charge >= 0.3 is 6.18 Å². The van der Waals surface area contributed by atoms with Crippen LogP contribution < -0.4 is 10.6 Å². The number of alkyl halides is 3. The Kier molecular flexibility index (Phi) is 8.26. The summed E-state index contributed by atoms with van der Waals surface area (Å²) < 4.78 is 42.9. The maximum atomic E-state index is 14.3. The Labute approximate surface area is 242 Å². The third-order valence-corrected chi connectivity index (χ3v) is 8.16. The van der Waals surface area contributed by atoms with Crippen LogP contribution >= 0.6 is 27.5 Å². The van der Waals surface area contributed by atoms with Crippen LogP contribution in [0.4, 0.5) is 18.9 Å². The second-order valence-corrected chi connectivity index (χ2v) is 11.6.